The predicted molar refractivity (Wildman–Crippen MR) is 70.1 cm³/mol. The van der Waals surface area contributed by atoms with Gasteiger partial charge in [0.25, 0.3) is 0 Å². The van der Waals surface area contributed by atoms with E-state index in [1.807, 2.05) is 36.0 Å². The molecule has 0 aromatic carbocycles. The summed E-state index contributed by atoms with van der Waals surface area (Å²) in [5.74, 6) is 2.09. The quantitative estimate of drug-likeness (QED) is 0.823. The molecular formula is C12H12N4OS. The van der Waals surface area contributed by atoms with E-state index in [0.717, 1.165) is 5.82 Å². The molecule has 3 rings (SSSR count). The highest BCUT2D eigenvalue weighted by molar-refractivity contribution is 8.00. The molecule has 92 valence electrons. The number of nitrogens with zero attached hydrogens (tertiary/aromatic N) is 4. The molecule has 1 unspecified atom stereocenters. The van der Waals surface area contributed by atoms with E-state index in [1.54, 1.807) is 29.1 Å². The van der Waals surface area contributed by atoms with E-state index in [0.29, 0.717) is 11.6 Å². The Morgan fingerprint density at radius 2 is 2.22 bits per heavy atom. The normalized spacial score (nSPS) is 19.5. The third kappa shape index (κ3) is 1.78. The van der Waals surface area contributed by atoms with Crippen LogP contribution < -0.4 is 4.90 Å². The Morgan fingerprint density at radius 1 is 1.33 bits per heavy atom. The first-order chi connectivity index (χ1) is 8.77. The average Bonchev–Trinajstić information content (AvgIpc) is 2.96. The summed E-state index contributed by atoms with van der Waals surface area (Å²) >= 11 is 1.58. The van der Waals surface area contributed by atoms with Crippen molar-refractivity contribution in [3.8, 4) is 0 Å². The Labute approximate surface area is 109 Å². The summed E-state index contributed by atoms with van der Waals surface area (Å²) in [6.07, 6.45) is 5.33. The summed E-state index contributed by atoms with van der Waals surface area (Å²) in [5.41, 5.74) is 0. The van der Waals surface area contributed by atoms with Crippen LogP contribution in [0.25, 0.3) is 0 Å². The first-order valence-electron chi connectivity index (χ1n) is 5.59. The van der Waals surface area contributed by atoms with Gasteiger partial charge in [0.1, 0.15) is 17.0 Å². The zero-order valence-electron chi connectivity index (χ0n) is 9.85. The van der Waals surface area contributed by atoms with Crippen LogP contribution in [0.3, 0.4) is 0 Å². The van der Waals surface area contributed by atoms with Crippen LogP contribution >= 0.6 is 11.8 Å². The highest BCUT2D eigenvalue weighted by Crippen LogP contribution is 2.39. The molecule has 0 saturated carbocycles. The van der Waals surface area contributed by atoms with Crippen LogP contribution in [0.1, 0.15) is 11.2 Å². The monoisotopic (exact) mass is 260 g/mol. The lowest BCUT2D eigenvalue weighted by atomic mass is 10.4. The van der Waals surface area contributed by atoms with Crippen LogP contribution in [0, 0.1) is 0 Å². The second-order valence-corrected chi connectivity index (χ2v) is 5.08. The number of rotatable bonds is 2. The largest absolute Gasteiger partial charge is 0.336 e. The predicted octanol–water partition coefficient (Wildman–Crippen LogP) is 1.59. The molecule has 1 aliphatic rings. The molecule has 0 N–H and O–H groups in total. The average molecular weight is 260 g/mol. The summed E-state index contributed by atoms with van der Waals surface area (Å²) in [5, 5.41) is -0.0904. The van der Waals surface area contributed by atoms with E-state index in [-0.39, 0.29) is 11.3 Å². The summed E-state index contributed by atoms with van der Waals surface area (Å²) in [7, 11) is 1.93. The molecule has 1 amide bonds. The number of hydrogen-bond donors (Lipinski definition) is 0. The van der Waals surface area contributed by atoms with Gasteiger partial charge in [-0.05, 0) is 12.1 Å². The highest BCUT2D eigenvalue weighted by Gasteiger charge is 2.36. The van der Waals surface area contributed by atoms with Crippen molar-refractivity contribution in [2.75, 3.05) is 10.7 Å². The van der Waals surface area contributed by atoms with Crippen LogP contribution in [0.2, 0.25) is 0 Å². The Kier molecular flexibility index (Phi) is 2.79. The van der Waals surface area contributed by atoms with Crippen molar-refractivity contribution in [2.24, 2.45) is 7.05 Å². The van der Waals surface area contributed by atoms with Crippen LogP contribution in [0.5, 0.6) is 0 Å². The van der Waals surface area contributed by atoms with Crippen molar-refractivity contribution < 1.29 is 4.79 Å². The minimum absolute atomic E-state index is 0.0756. The first kappa shape index (κ1) is 11.3. The van der Waals surface area contributed by atoms with Crippen LogP contribution in [-0.2, 0) is 11.8 Å². The number of aromatic nitrogens is 3. The molecule has 3 heterocycles. The molecule has 1 fully saturated rings. The number of carbonyl (C=O) groups excluding carboxylic acids is 1. The maximum atomic E-state index is 12.0. The smallest absolute Gasteiger partial charge is 0.239 e. The highest BCUT2D eigenvalue weighted by atomic mass is 32.2. The van der Waals surface area contributed by atoms with Gasteiger partial charge in [-0.2, -0.15) is 0 Å². The molecule has 1 atom stereocenters. The van der Waals surface area contributed by atoms with Crippen LogP contribution in [0.15, 0.2) is 36.8 Å². The van der Waals surface area contributed by atoms with Gasteiger partial charge in [-0.1, -0.05) is 6.07 Å². The minimum atomic E-state index is -0.0904. The number of aryl methyl sites for hydroxylation is 1. The third-order valence-corrected chi connectivity index (χ3v) is 3.99. The van der Waals surface area contributed by atoms with Crippen molar-refractivity contribution in [1.82, 2.24) is 14.5 Å². The van der Waals surface area contributed by atoms with Gasteiger partial charge in [0.05, 0.1) is 5.75 Å². The van der Waals surface area contributed by atoms with Crippen molar-refractivity contribution >= 4 is 23.5 Å². The van der Waals surface area contributed by atoms with E-state index in [4.69, 9.17) is 0 Å². The summed E-state index contributed by atoms with van der Waals surface area (Å²) < 4.78 is 1.94. The molecule has 0 radical (unpaired) electrons. The molecule has 2 aromatic heterocycles. The Bertz CT molecular complexity index is 568. The van der Waals surface area contributed by atoms with Gasteiger partial charge in [0.2, 0.25) is 5.91 Å². The number of pyridine rings is 1. The van der Waals surface area contributed by atoms with Crippen LogP contribution in [-0.4, -0.2) is 26.2 Å². The van der Waals surface area contributed by atoms with Gasteiger partial charge in [-0.3, -0.25) is 9.69 Å². The Balaban J connectivity index is 2.01. The van der Waals surface area contributed by atoms with Gasteiger partial charge in [0, 0.05) is 25.6 Å². The lowest BCUT2D eigenvalue weighted by Crippen LogP contribution is -2.29. The number of hydrogen-bond acceptors (Lipinski definition) is 4. The molecule has 0 bridgehead atoms. The number of imidazole rings is 1. The molecule has 2 aromatic rings. The molecule has 1 aliphatic heterocycles. The van der Waals surface area contributed by atoms with Crippen molar-refractivity contribution in [3.05, 3.63) is 42.6 Å². The fourth-order valence-electron chi connectivity index (χ4n) is 1.97. The topological polar surface area (TPSA) is 51.0 Å². The zero-order valence-corrected chi connectivity index (χ0v) is 10.7. The molecule has 0 spiro atoms. The van der Waals surface area contributed by atoms with Crippen molar-refractivity contribution in [3.63, 3.8) is 0 Å². The number of thioether (sulfide) groups is 1. The Hall–Kier alpha value is -1.82. The van der Waals surface area contributed by atoms with E-state index < -0.39 is 0 Å². The summed E-state index contributed by atoms with van der Waals surface area (Å²) in [4.78, 5) is 22.3. The number of amides is 1. The fourth-order valence-corrected chi connectivity index (χ4v) is 3.16. The van der Waals surface area contributed by atoms with Gasteiger partial charge >= 0.3 is 0 Å². The fraction of sp³-hybridized carbons (Fsp3) is 0.250. The zero-order chi connectivity index (χ0) is 12.5. The Morgan fingerprint density at radius 3 is 2.89 bits per heavy atom. The van der Waals surface area contributed by atoms with Gasteiger partial charge in [0.15, 0.2) is 0 Å². The molecule has 0 aliphatic carbocycles. The maximum absolute atomic E-state index is 12.0. The maximum Gasteiger partial charge on any atom is 0.239 e. The lowest BCUT2D eigenvalue weighted by Gasteiger charge is -2.22. The van der Waals surface area contributed by atoms with Gasteiger partial charge < -0.3 is 4.57 Å². The SMILES string of the molecule is Cn1ccnc1C1SCC(=O)N1c1ccccn1. The molecule has 18 heavy (non-hydrogen) atoms. The van der Waals surface area contributed by atoms with E-state index in [1.165, 1.54) is 0 Å². The number of carbonyl (C=O) groups is 1. The van der Waals surface area contributed by atoms with Crippen molar-refractivity contribution in [1.29, 1.82) is 0 Å². The molecule has 5 nitrogen and oxygen atoms in total. The van der Waals surface area contributed by atoms with E-state index in [2.05, 4.69) is 9.97 Å². The van der Waals surface area contributed by atoms with Gasteiger partial charge in [-0.15, -0.1) is 11.8 Å². The first-order valence-corrected chi connectivity index (χ1v) is 6.64. The number of anilines is 1. The standard InChI is InChI=1S/C12H12N4OS/c1-15-7-6-14-11(15)12-16(10(17)8-18-12)9-4-2-3-5-13-9/h2-7,12H,8H2,1H3. The third-order valence-electron chi connectivity index (χ3n) is 2.84. The van der Waals surface area contributed by atoms with Crippen LogP contribution in [0.4, 0.5) is 5.82 Å². The summed E-state index contributed by atoms with van der Waals surface area (Å²) in [6, 6.07) is 5.57. The molecular weight excluding hydrogens is 248 g/mol. The van der Waals surface area contributed by atoms with Gasteiger partial charge in [-0.25, -0.2) is 9.97 Å². The summed E-state index contributed by atoms with van der Waals surface area (Å²) in [6.45, 7) is 0. The second kappa shape index (κ2) is 4.45. The lowest BCUT2D eigenvalue weighted by molar-refractivity contribution is -0.115. The molecule has 1 saturated heterocycles. The van der Waals surface area contributed by atoms with E-state index in [9.17, 15) is 4.79 Å². The molecule has 6 heteroatoms. The minimum Gasteiger partial charge on any atom is -0.336 e. The second-order valence-electron chi connectivity index (χ2n) is 4.01. The van der Waals surface area contributed by atoms with Crippen molar-refractivity contribution in [2.45, 2.75) is 5.37 Å². The van der Waals surface area contributed by atoms with E-state index >= 15 is 0 Å².